The zero-order valence-corrected chi connectivity index (χ0v) is 21.8. The number of aliphatic hydroxyl groups excluding tert-OH is 1. The van der Waals surface area contributed by atoms with Crippen LogP contribution in [0.5, 0.6) is 0 Å². The fraction of sp³-hybridized carbons (Fsp3) is 0.677. The van der Waals surface area contributed by atoms with Gasteiger partial charge >= 0.3 is 0 Å². The molecule has 2 bridgehead atoms. The summed E-state index contributed by atoms with van der Waals surface area (Å²) in [6.45, 7) is 4.07. The Hall–Kier alpha value is -1.50. The van der Waals surface area contributed by atoms with E-state index in [1.807, 2.05) is 6.92 Å². The number of hydrogen-bond acceptors (Lipinski definition) is 5. The number of fused-ring (bicyclic) bond motifs is 3. The molecule has 10 atom stereocenters. The second kappa shape index (κ2) is 10.7. The Labute approximate surface area is 215 Å². The topological polar surface area (TPSA) is 57.2 Å². The molecule has 2 aromatic rings. The van der Waals surface area contributed by atoms with Gasteiger partial charge in [-0.1, -0.05) is 49.7 Å². The van der Waals surface area contributed by atoms with Gasteiger partial charge in [0, 0.05) is 30.7 Å². The zero-order chi connectivity index (χ0) is 24.6. The molecule has 0 amide bonds. The highest BCUT2D eigenvalue weighted by Crippen LogP contribution is 2.51. The second-order valence-corrected chi connectivity index (χ2v) is 11.9. The molecule has 36 heavy (non-hydrogen) atoms. The van der Waals surface area contributed by atoms with Crippen molar-refractivity contribution in [3.05, 3.63) is 48.0 Å². The Bertz CT molecular complexity index is 1020. The van der Waals surface area contributed by atoms with Crippen LogP contribution in [0.3, 0.4) is 0 Å². The maximum Gasteiger partial charge on any atom is 0.184 e. The lowest BCUT2D eigenvalue weighted by Crippen LogP contribution is -2.45. The SMILES string of the molecule is CCC1CC(CC2CC(CC(C)O)OC(c3ccc4ccccc4c3)O2)OC(C2CC3CCC2C3)O1. The minimum absolute atomic E-state index is 0.0280. The summed E-state index contributed by atoms with van der Waals surface area (Å²) in [5, 5.41) is 12.5. The summed E-state index contributed by atoms with van der Waals surface area (Å²) < 4.78 is 26.1. The normalized spacial score (nSPS) is 39.5. The van der Waals surface area contributed by atoms with Crippen LogP contribution in [0.2, 0.25) is 0 Å². The highest BCUT2D eigenvalue weighted by atomic mass is 16.7. The summed E-state index contributed by atoms with van der Waals surface area (Å²) in [6, 6.07) is 14.8. The Morgan fingerprint density at radius 3 is 2.33 bits per heavy atom. The lowest BCUT2D eigenvalue weighted by atomic mass is 9.87. The number of benzene rings is 2. The van der Waals surface area contributed by atoms with Crippen molar-refractivity contribution >= 4 is 10.8 Å². The molecule has 196 valence electrons. The summed E-state index contributed by atoms with van der Waals surface area (Å²) in [5.74, 6) is 2.23. The average molecular weight is 495 g/mol. The van der Waals surface area contributed by atoms with E-state index in [4.69, 9.17) is 18.9 Å². The van der Waals surface area contributed by atoms with Crippen LogP contribution in [-0.4, -0.2) is 41.9 Å². The molecule has 4 aliphatic rings. The van der Waals surface area contributed by atoms with Crippen LogP contribution in [0.25, 0.3) is 10.8 Å². The van der Waals surface area contributed by atoms with Gasteiger partial charge in [-0.3, -0.25) is 0 Å². The predicted molar refractivity (Wildman–Crippen MR) is 139 cm³/mol. The molecule has 0 aromatic heterocycles. The van der Waals surface area contributed by atoms with Crippen LogP contribution in [0.4, 0.5) is 0 Å². The van der Waals surface area contributed by atoms with E-state index >= 15 is 0 Å². The van der Waals surface area contributed by atoms with E-state index in [1.54, 1.807) is 0 Å². The van der Waals surface area contributed by atoms with Gasteiger partial charge in [-0.2, -0.15) is 0 Å². The second-order valence-electron chi connectivity index (χ2n) is 11.9. The molecule has 5 heteroatoms. The Morgan fingerprint density at radius 1 is 0.833 bits per heavy atom. The Morgan fingerprint density at radius 2 is 1.58 bits per heavy atom. The van der Waals surface area contributed by atoms with E-state index in [9.17, 15) is 5.11 Å². The molecular formula is C31H42O5. The first-order valence-corrected chi connectivity index (χ1v) is 14.3. The van der Waals surface area contributed by atoms with Crippen LogP contribution in [0.15, 0.2) is 42.5 Å². The van der Waals surface area contributed by atoms with Crippen molar-refractivity contribution in [2.24, 2.45) is 17.8 Å². The van der Waals surface area contributed by atoms with Gasteiger partial charge < -0.3 is 24.1 Å². The quantitative estimate of drug-likeness (QED) is 0.475. The van der Waals surface area contributed by atoms with Crippen molar-refractivity contribution in [1.29, 1.82) is 0 Å². The molecule has 0 spiro atoms. The van der Waals surface area contributed by atoms with E-state index < -0.39 is 12.4 Å². The van der Waals surface area contributed by atoms with Gasteiger partial charge in [0.2, 0.25) is 0 Å². The molecule has 5 nitrogen and oxygen atoms in total. The minimum Gasteiger partial charge on any atom is -0.393 e. The smallest absolute Gasteiger partial charge is 0.184 e. The fourth-order valence-electron chi connectivity index (χ4n) is 7.33. The number of hydrogen-bond donors (Lipinski definition) is 1. The summed E-state index contributed by atoms with van der Waals surface area (Å²) >= 11 is 0. The number of aliphatic hydroxyl groups is 1. The summed E-state index contributed by atoms with van der Waals surface area (Å²) in [4.78, 5) is 0. The van der Waals surface area contributed by atoms with Crippen LogP contribution >= 0.6 is 0 Å². The van der Waals surface area contributed by atoms with Crippen molar-refractivity contribution < 1.29 is 24.1 Å². The maximum absolute atomic E-state index is 10.1. The first-order valence-electron chi connectivity index (χ1n) is 14.3. The molecule has 1 N–H and O–H groups in total. The Kier molecular flexibility index (Phi) is 7.38. The molecule has 10 unspecified atom stereocenters. The molecule has 2 aliphatic carbocycles. The van der Waals surface area contributed by atoms with Crippen molar-refractivity contribution in [3.63, 3.8) is 0 Å². The van der Waals surface area contributed by atoms with E-state index in [-0.39, 0.29) is 30.7 Å². The van der Waals surface area contributed by atoms with Gasteiger partial charge in [-0.15, -0.1) is 0 Å². The van der Waals surface area contributed by atoms with E-state index in [0.717, 1.165) is 43.1 Å². The molecule has 4 fully saturated rings. The molecule has 0 radical (unpaired) electrons. The highest BCUT2D eigenvalue weighted by molar-refractivity contribution is 5.83. The van der Waals surface area contributed by atoms with Gasteiger partial charge in [0.15, 0.2) is 12.6 Å². The van der Waals surface area contributed by atoms with Crippen molar-refractivity contribution in [2.75, 3.05) is 0 Å². The largest absolute Gasteiger partial charge is 0.393 e. The molecular weight excluding hydrogens is 452 g/mol. The van der Waals surface area contributed by atoms with E-state index in [0.29, 0.717) is 12.3 Å². The first kappa shape index (κ1) is 24.8. The van der Waals surface area contributed by atoms with E-state index in [2.05, 4.69) is 49.4 Å². The van der Waals surface area contributed by atoms with Gasteiger partial charge in [0.05, 0.1) is 30.5 Å². The van der Waals surface area contributed by atoms with Crippen molar-refractivity contribution in [1.82, 2.24) is 0 Å². The lowest BCUT2D eigenvalue weighted by Gasteiger charge is -2.43. The molecule has 2 aromatic carbocycles. The van der Waals surface area contributed by atoms with Gasteiger partial charge in [0.1, 0.15) is 0 Å². The summed E-state index contributed by atoms with van der Waals surface area (Å²) in [7, 11) is 0. The highest BCUT2D eigenvalue weighted by Gasteiger charge is 2.47. The molecule has 2 heterocycles. The average Bonchev–Trinajstić information content (AvgIpc) is 3.52. The third-order valence-corrected chi connectivity index (χ3v) is 9.11. The van der Waals surface area contributed by atoms with E-state index in [1.165, 1.54) is 36.5 Å². The maximum atomic E-state index is 10.1. The summed E-state index contributed by atoms with van der Waals surface area (Å²) in [6.07, 6.45) is 9.07. The summed E-state index contributed by atoms with van der Waals surface area (Å²) in [5.41, 5.74) is 1.04. The number of ether oxygens (including phenoxy) is 4. The fourth-order valence-corrected chi connectivity index (χ4v) is 7.33. The van der Waals surface area contributed by atoms with Gasteiger partial charge in [-0.25, -0.2) is 0 Å². The molecule has 2 saturated heterocycles. The third-order valence-electron chi connectivity index (χ3n) is 9.11. The van der Waals surface area contributed by atoms with Gasteiger partial charge in [0.25, 0.3) is 0 Å². The predicted octanol–water partition coefficient (Wildman–Crippen LogP) is 6.52. The van der Waals surface area contributed by atoms with Crippen molar-refractivity contribution in [3.8, 4) is 0 Å². The molecule has 6 rings (SSSR count). The molecule has 2 saturated carbocycles. The standard InChI is InChI=1S/C31H42O5/c1-3-25-16-27(36-31(33-25)29-14-20-8-9-23(29)13-20)18-28-17-26(12-19(2)32)34-30(35-28)24-11-10-21-6-4-5-7-22(21)15-24/h4-7,10-11,15,19-20,23,25-32H,3,8-9,12-14,16-18H2,1-2H3. The van der Waals surface area contributed by atoms with Crippen molar-refractivity contribution in [2.45, 2.75) is 115 Å². The van der Waals surface area contributed by atoms with Gasteiger partial charge in [-0.05, 0) is 67.7 Å². The van der Waals surface area contributed by atoms with Crippen LogP contribution in [-0.2, 0) is 18.9 Å². The molecule has 2 aliphatic heterocycles. The van der Waals surface area contributed by atoms with Crippen LogP contribution in [0, 0.1) is 17.8 Å². The third kappa shape index (κ3) is 5.37. The zero-order valence-electron chi connectivity index (χ0n) is 21.8. The first-order chi connectivity index (χ1) is 17.5. The lowest BCUT2D eigenvalue weighted by molar-refractivity contribution is -0.289. The monoisotopic (exact) mass is 494 g/mol. The number of rotatable bonds is 7. The van der Waals surface area contributed by atoms with Crippen LogP contribution in [0.1, 0.15) is 83.5 Å². The van der Waals surface area contributed by atoms with Crippen LogP contribution < -0.4 is 0 Å². The minimum atomic E-state index is -0.430. The Balaban J connectivity index is 1.17.